The number of nitrogens with zero attached hydrogens (tertiary/aromatic N) is 1. The molecule has 0 aliphatic heterocycles. The Balaban J connectivity index is 1.71. The molecule has 112 valence electrons. The van der Waals surface area contributed by atoms with Crippen LogP contribution >= 0.6 is 22.7 Å². The third-order valence-corrected chi connectivity index (χ3v) is 5.30. The fraction of sp³-hybridized carbons (Fsp3) is 0.125. The summed E-state index contributed by atoms with van der Waals surface area (Å²) < 4.78 is 12.8. The van der Waals surface area contributed by atoms with Crippen molar-refractivity contribution in [3.8, 4) is 9.88 Å². The van der Waals surface area contributed by atoms with Gasteiger partial charge in [-0.25, -0.2) is 9.37 Å². The number of carbonyl (C=O) groups excluding carboxylic acids is 1. The largest absolute Gasteiger partial charge is 0.347 e. The number of hydrogen-bond donors (Lipinski definition) is 1. The maximum atomic E-state index is 12.8. The van der Waals surface area contributed by atoms with Crippen LogP contribution in [0.1, 0.15) is 20.9 Å². The third kappa shape index (κ3) is 3.23. The molecule has 2 aromatic heterocycles. The van der Waals surface area contributed by atoms with Crippen LogP contribution in [0.25, 0.3) is 9.88 Å². The summed E-state index contributed by atoms with van der Waals surface area (Å²) in [5, 5.41) is 5.69. The summed E-state index contributed by atoms with van der Waals surface area (Å²) in [5.74, 6) is -0.434. The number of thiophene rings is 1. The standard InChI is InChI=1S/C16H13FN2OS2/c1-10-14(22-16(19-10)13-3-2-8-21-13)15(20)18-9-11-4-6-12(17)7-5-11/h2-8H,9H2,1H3,(H,18,20). The van der Waals surface area contributed by atoms with Gasteiger partial charge in [0.2, 0.25) is 0 Å². The second kappa shape index (κ2) is 6.37. The molecule has 0 radical (unpaired) electrons. The van der Waals surface area contributed by atoms with Crippen LogP contribution in [0.15, 0.2) is 41.8 Å². The molecule has 0 bridgehead atoms. The van der Waals surface area contributed by atoms with Crippen molar-refractivity contribution in [2.75, 3.05) is 0 Å². The molecule has 0 saturated heterocycles. The molecule has 0 fully saturated rings. The summed E-state index contributed by atoms with van der Waals surface area (Å²) in [6.07, 6.45) is 0. The molecule has 0 saturated carbocycles. The number of amides is 1. The zero-order valence-electron chi connectivity index (χ0n) is 11.8. The van der Waals surface area contributed by atoms with Crippen molar-refractivity contribution in [1.29, 1.82) is 0 Å². The van der Waals surface area contributed by atoms with Gasteiger partial charge in [-0.1, -0.05) is 18.2 Å². The molecule has 6 heteroatoms. The Morgan fingerprint density at radius 3 is 2.73 bits per heavy atom. The van der Waals surface area contributed by atoms with Crippen molar-refractivity contribution in [2.45, 2.75) is 13.5 Å². The molecule has 22 heavy (non-hydrogen) atoms. The molecule has 3 rings (SSSR count). The van der Waals surface area contributed by atoms with Crippen molar-refractivity contribution in [1.82, 2.24) is 10.3 Å². The van der Waals surface area contributed by atoms with Gasteiger partial charge < -0.3 is 5.32 Å². The smallest absolute Gasteiger partial charge is 0.263 e. The first kappa shape index (κ1) is 14.9. The van der Waals surface area contributed by atoms with E-state index in [0.29, 0.717) is 11.4 Å². The fourth-order valence-electron chi connectivity index (χ4n) is 1.98. The number of halogens is 1. The lowest BCUT2D eigenvalue weighted by molar-refractivity contribution is 0.0954. The second-order valence-corrected chi connectivity index (χ2v) is 6.67. The average Bonchev–Trinajstić information content (AvgIpc) is 3.15. The Hall–Kier alpha value is -2.05. The Morgan fingerprint density at radius 2 is 2.05 bits per heavy atom. The zero-order valence-corrected chi connectivity index (χ0v) is 13.4. The van der Waals surface area contributed by atoms with E-state index in [9.17, 15) is 9.18 Å². The van der Waals surface area contributed by atoms with Gasteiger partial charge in [-0.2, -0.15) is 0 Å². The highest BCUT2D eigenvalue weighted by Gasteiger charge is 2.16. The lowest BCUT2D eigenvalue weighted by Crippen LogP contribution is -2.22. The predicted molar refractivity (Wildman–Crippen MR) is 87.7 cm³/mol. The first-order valence-electron chi connectivity index (χ1n) is 6.67. The molecule has 0 atom stereocenters. The van der Waals surface area contributed by atoms with Crippen molar-refractivity contribution in [2.24, 2.45) is 0 Å². The summed E-state index contributed by atoms with van der Waals surface area (Å²) in [5.41, 5.74) is 1.58. The van der Waals surface area contributed by atoms with Gasteiger partial charge in [-0.15, -0.1) is 22.7 Å². The summed E-state index contributed by atoms with van der Waals surface area (Å²) in [6, 6.07) is 10.0. The number of aromatic nitrogens is 1. The van der Waals surface area contributed by atoms with Crippen molar-refractivity contribution >= 4 is 28.6 Å². The number of hydrogen-bond acceptors (Lipinski definition) is 4. The molecule has 1 N–H and O–H groups in total. The monoisotopic (exact) mass is 332 g/mol. The van der Waals surface area contributed by atoms with Gasteiger partial charge in [0.1, 0.15) is 15.7 Å². The van der Waals surface area contributed by atoms with Crippen molar-refractivity contribution in [3.05, 3.63) is 63.7 Å². The van der Waals surface area contributed by atoms with Crippen LogP contribution in [0.5, 0.6) is 0 Å². The van der Waals surface area contributed by atoms with E-state index in [2.05, 4.69) is 10.3 Å². The van der Waals surface area contributed by atoms with Crippen molar-refractivity contribution in [3.63, 3.8) is 0 Å². The highest BCUT2D eigenvalue weighted by atomic mass is 32.1. The minimum atomic E-state index is -0.283. The zero-order chi connectivity index (χ0) is 15.5. The molecule has 0 aliphatic rings. The highest BCUT2D eigenvalue weighted by molar-refractivity contribution is 7.22. The fourth-order valence-corrected chi connectivity index (χ4v) is 3.76. The summed E-state index contributed by atoms with van der Waals surface area (Å²) in [6.45, 7) is 2.20. The molecule has 3 nitrogen and oxygen atoms in total. The molecule has 3 aromatic rings. The minimum Gasteiger partial charge on any atom is -0.347 e. The van der Waals surface area contributed by atoms with Crippen LogP contribution in [0.2, 0.25) is 0 Å². The molecule has 0 spiro atoms. The summed E-state index contributed by atoms with van der Waals surface area (Å²) in [7, 11) is 0. The Morgan fingerprint density at radius 1 is 1.27 bits per heavy atom. The maximum absolute atomic E-state index is 12.8. The highest BCUT2D eigenvalue weighted by Crippen LogP contribution is 2.30. The maximum Gasteiger partial charge on any atom is 0.263 e. The number of nitrogens with one attached hydrogen (secondary N) is 1. The second-order valence-electron chi connectivity index (χ2n) is 4.72. The van der Waals surface area contributed by atoms with Crippen LogP contribution in [0, 0.1) is 12.7 Å². The van der Waals surface area contributed by atoms with Crippen LogP contribution < -0.4 is 5.32 Å². The first-order valence-corrected chi connectivity index (χ1v) is 8.37. The number of aryl methyl sites for hydroxylation is 1. The topological polar surface area (TPSA) is 42.0 Å². The van der Waals surface area contributed by atoms with E-state index in [1.165, 1.54) is 23.5 Å². The van der Waals surface area contributed by atoms with E-state index in [1.807, 2.05) is 24.4 Å². The van der Waals surface area contributed by atoms with E-state index in [1.54, 1.807) is 23.5 Å². The lowest BCUT2D eigenvalue weighted by Gasteiger charge is -2.04. The molecular weight excluding hydrogens is 319 g/mol. The number of rotatable bonds is 4. The average molecular weight is 332 g/mol. The molecule has 0 unspecified atom stereocenters. The number of thiazole rings is 1. The van der Waals surface area contributed by atoms with Gasteiger partial charge in [0.05, 0.1) is 10.6 Å². The van der Waals surface area contributed by atoms with E-state index >= 15 is 0 Å². The van der Waals surface area contributed by atoms with E-state index in [-0.39, 0.29) is 11.7 Å². The van der Waals surface area contributed by atoms with Crippen LogP contribution in [0.4, 0.5) is 4.39 Å². The number of carbonyl (C=O) groups is 1. The quantitative estimate of drug-likeness (QED) is 0.776. The van der Waals surface area contributed by atoms with Gasteiger partial charge in [-0.05, 0) is 36.1 Å². The lowest BCUT2D eigenvalue weighted by atomic mass is 10.2. The van der Waals surface area contributed by atoms with E-state index < -0.39 is 0 Å². The molecule has 2 heterocycles. The van der Waals surface area contributed by atoms with Crippen molar-refractivity contribution < 1.29 is 9.18 Å². The van der Waals surface area contributed by atoms with E-state index in [4.69, 9.17) is 0 Å². The van der Waals surface area contributed by atoms with Gasteiger partial charge in [-0.3, -0.25) is 4.79 Å². The minimum absolute atomic E-state index is 0.151. The number of benzene rings is 1. The van der Waals surface area contributed by atoms with Crippen LogP contribution in [-0.4, -0.2) is 10.9 Å². The SMILES string of the molecule is Cc1nc(-c2cccs2)sc1C(=O)NCc1ccc(F)cc1. The third-order valence-electron chi connectivity index (χ3n) is 3.10. The van der Waals surface area contributed by atoms with Crippen LogP contribution in [-0.2, 0) is 6.54 Å². The van der Waals surface area contributed by atoms with Crippen LogP contribution in [0.3, 0.4) is 0 Å². The summed E-state index contributed by atoms with van der Waals surface area (Å²) in [4.78, 5) is 18.4. The Kier molecular flexibility index (Phi) is 4.31. The Bertz CT molecular complexity index is 779. The van der Waals surface area contributed by atoms with Gasteiger partial charge in [0.25, 0.3) is 5.91 Å². The molecule has 1 aromatic carbocycles. The predicted octanol–water partition coefficient (Wildman–Crippen LogP) is 4.25. The normalized spacial score (nSPS) is 10.6. The van der Waals surface area contributed by atoms with E-state index in [0.717, 1.165) is 21.1 Å². The van der Waals surface area contributed by atoms with Gasteiger partial charge in [0, 0.05) is 6.54 Å². The molecule has 1 amide bonds. The molecule has 0 aliphatic carbocycles. The van der Waals surface area contributed by atoms with Gasteiger partial charge in [0.15, 0.2) is 0 Å². The Labute approximate surface area is 135 Å². The summed E-state index contributed by atoms with van der Waals surface area (Å²) >= 11 is 2.99. The molecular formula is C16H13FN2OS2. The van der Waals surface area contributed by atoms with Gasteiger partial charge >= 0.3 is 0 Å². The first-order chi connectivity index (χ1) is 10.6.